The normalized spacial score (nSPS) is 22.9. The van der Waals surface area contributed by atoms with Crippen molar-refractivity contribution in [1.29, 1.82) is 0 Å². The van der Waals surface area contributed by atoms with Crippen molar-refractivity contribution in [2.24, 2.45) is 11.3 Å². The first-order valence-corrected chi connectivity index (χ1v) is 16.1. The summed E-state index contributed by atoms with van der Waals surface area (Å²) in [5.41, 5.74) is -1.68. The molecule has 1 amide bonds. The third-order valence-electron chi connectivity index (χ3n) is 8.85. The highest BCUT2D eigenvalue weighted by Gasteiger charge is 2.62. The van der Waals surface area contributed by atoms with Crippen LogP contribution in [0.15, 0.2) is 47.6 Å². The molecule has 2 aliphatic heterocycles. The van der Waals surface area contributed by atoms with Crippen LogP contribution >= 0.6 is 0 Å². The number of anilines is 2. The highest BCUT2D eigenvalue weighted by molar-refractivity contribution is 7.83. The largest absolute Gasteiger partial charge is 0.477 e. The van der Waals surface area contributed by atoms with E-state index in [1.165, 1.54) is 4.68 Å². The first-order valence-electron chi connectivity index (χ1n) is 14.9. The zero-order chi connectivity index (χ0) is 31.1. The summed E-state index contributed by atoms with van der Waals surface area (Å²) >= 11 is 0. The highest BCUT2D eigenvalue weighted by Crippen LogP contribution is 2.59. The molecule has 2 unspecified atom stereocenters. The van der Waals surface area contributed by atoms with Gasteiger partial charge < -0.3 is 15.0 Å². The first kappa shape index (κ1) is 30.4. The lowest BCUT2D eigenvalue weighted by molar-refractivity contribution is -0.190. The smallest absolute Gasteiger partial charge is 0.394 e. The number of alkyl halides is 3. The minimum atomic E-state index is -4.23. The molecule has 3 aliphatic rings. The molecule has 0 aromatic carbocycles. The van der Waals surface area contributed by atoms with Crippen molar-refractivity contribution in [3.05, 3.63) is 48.2 Å². The summed E-state index contributed by atoms with van der Waals surface area (Å²) < 4.78 is 62.6. The topological polar surface area (TPSA) is 114 Å². The van der Waals surface area contributed by atoms with Crippen LogP contribution in [0, 0.1) is 11.3 Å². The minimum absolute atomic E-state index is 0.0946. The van der Waals surface area contributed by atoms with Gasteiger partial charge in [0.05, 0.1) is 17.6 Å². The molecule has 44 heavy (non-hydrogen) atoms. The lowest BCUT2D eigenvalue weighted by Crippen LogP contribution is -2.40. The maximum absolute atomic E-state index is 13.6. The van der Waals surface area contributed by atoms with E-state index in [0.717, 1.165) is 32.2 Å². The summed E-state index contributed by atoms with van der Waals surface area (Å²) in [5, 5.41) is 7.90. The predicted octanol–water partition coefficient (Wildman–Crippen LogP) is 5.43. The van der Waals surface area contributed by atoms with E-state index in [2.05, 4.69) is 38.9 Å². The van der Waals surface area contributed by atoms with E-state index in [9.17, 15) is 22.2 Å². The fraction of sp³-hybridized carbons (Fsp3) is 0.533. The monoisotopic (exact) mass is 631 g/mol. The van der Waals surface area contributed by atoms with Gasteiger partial charge in [-0.25, -0.2) is 18.9 Å². The van der Waals surface area contributed by atoms with Crippen molar-refractivity contribution in [3.8, 4) is 11.7 Å². The summed E-state index contributed by atoms with van der Waals surface area (Å²) in [7, 11) is -1.90. The van der Waals surface area contributed by atoms with Crippen LogP contribution in [0.25, 0.3) is 5.82 Å². The van der Waals surface area contributed by atoms with E-state index in [1.807, 2.05) is 6.07 Å². The van der Waals surface area contributed by atoms with E-state index in [0.29, 0.717) is 29.9 Å². The van der Waals surface area contributed by atoms with E-state index < -0.39 is 28.5 Å². The number of nitrogens with zero attached hydrogens (tertiary/aromatic N) is 5. The number of rotatable bonds is 5. The minimum Gasteiger partial charge on any atom is -0.477 e. The number of aromatic nitrogens is 4. The van der Waals surface area contributed by atoms with Crippen LogP contribution < -0.4 is 19.7 Å². The van der Waals surface area contributed by atoms with Crippen LogP contribution in [-0.4, -0.2) is 61.3 Å². The van der Waals surface area contributed by atoms with Crippen LogP contribution in [0.3, 0.4) is 0 Å². The van der Waals surface area contributed by atoms with E-state index in [-0.39, 0.29) is 47.9 Å². The van der Waals surface area contributed by atoms with Gasteiger partial charge in [0.25, 0.3) is 5.91 Å². The average Bonchev–Trinajstić information content (AvgIpc) is 3.53. The van der Waals surface area contributed by atoms with Gasteiger partial charge in [-0.2, -0.15) is 13.2 Å². The molecule has 1 aliphatic carbocycles. The summed E-state index contributed by atoms with van der Waals surface area (Å²) in [6.45, 7) is 5.60. The maximum Gasteiger partial charge on any atom is 0.394 e. The van der Waals surface area contributed by atoms with Crippen molar-refractivity contribution >= 4 is 28.5 Å². The molecule has 5 heterocycles. The van der Waals surface area contributed by atoms with Gasteiger partial charge in [0.2, 0.25) is 5.88 Å². The van der Waals surface area contributed by atoms with Crippen molar-refractivity contribution < 1.29 is 26.9 Å². The van der Waals surface area contributed by atoms with Crippen LogP contribution in [0.1, 0.15) is 69.2 Å². The summed E-state index contributed by atoms with van der Waals surface area (Å²) in [6, 6.07) is 9.99. The molecule has 10 nitrogen and oxygen atoms in total. The number of pyridine rings is 2. The number of halogens is 3. The zero-order valence-corrected chi connectivity index (χ0v) is 25.5. The number of fused-ring (bicyclic) bond motifs is 6. The van der Waals surface area contributed by atoms with Gasteiger partial charge in [-0.1, -0.05) is 12.5 Å². The Morgan fingerprint density at radius 3 is 2.70 bits per heavy atom. The Labute approximate surface area is 256 Å². The molecule has 0 radical (unpaired) electrons. The van der Waals surface area contributed by atoms with E-state index in [4.69, 9.17) is 9.72 Å². The second-order valence-electron chi connectivity index (χ2n) is 12.5. The fourth-order valence-electron chi connectivity index (χ4n) is 6.17. The molecule has 2 fully saturated rings. The van der Waals surface area contributed by atoms with Crippen molar-refractivity contribution in [1.82, 2.24) is 24.5 Å². The third kappa shape index (κ3) is 6.26. The molecule has 14 heteroatoms. The highest BCUT2D eigenvalue weighted by atomic mass is 32.2. The van der Waals surface area contributed by atoms with Gasteiger partial charge in [0.1, 0.15) is 11.6 Å². The Morgan fingerprint density at radius 1 is 1.11 bits per heavy atom. The number of nitrogens with one attached hydrogen (secondary N) is 2. The lowest BCUT2D eigenvalue weighted by atomic mass is 9.93. The number of amides is 1. The number of ether oxygens (including phenoxy) is 1. The molecule has 4 bridgehead atoms. The van der Waals surface area contributed by atoms with Crippen LogP contribution in [0.4, 0.5) is 24.8 Å². The molecule has 6 rings (SSSR count). The molecule has 3 aromatic heterocycles. The SMILES string of the molecule is CC1(C)CC2CCCCNc3cccc(n3)S(=O)NC(=O)c3ccc(-n4ccc(OCCC5(C(F)(F)F)CC5)n4)nc3N1C2. The number of carbonyl (C=O) groups excluding carboxylic acids is 1. The van der Waals surface area contributed by atoms with Crippen LogP contribution in [0.5, 0.6) is 5.88 Å². The van der Waals surface area contributed by atoms with Gasteiger partial charge in [0.15, 0.2) is 21.8 Å². The van der Waals surface area contributed by atoms with Crippen molar-refractivity contribution in [3.63, 3.8) is 0 Å². The van der Waals surface area contributed by atoms with Crippen LogP contribution in [-0.2, 0) is 11.0 Å². The Bertz CT molecular complexity index is 1560. The second-order valence-corrected chi connectivity index (χ2v) is 13.7. The maximum atomic E-state index is 13.6. The van der Waals surface area contributed by atoms with Gasteiger partial charge >= 0.3 is 6.18 Å². The second kappa shape index (κ2) is 11.7. The Morgan fingerprint density at radius 2 is 1.93 bits per heavy atom. The molecule has 2 N–H and O–H groups in total. The lowest BCUT2D eigenvalue weighted by Gasteiger charge is -2.34. The van der Waals surface area contributed by atoms with Gasteiger partial charge in [-0.3, -0.25) is 9.52 Å². The number of hydrogen-bond acceptors (Lipinski definition) is 8. The standard InChI is InChI=1S/C30H36F3N7O3S/c1-28(2)18-20-6-3-4-15-34-22-7-5-8-25(35-22)44(42)38-27(41)21-9-10-23(36-26(21)39(28)19-20)40-16-11-24(37-40)43-17-14-29(12-13-29)30(31,32)33/h5,7-11,16,20H,3-4,6,12-15,17-19H2,1-2H3,(H,34,35)(H,38,41). The third-order valence-corrected chi connectivity index (χ3v) is 9.83. The Hall–Kier alpha value is -3.68. The molecule has 1 saturated carbocycles. The molecule has 2 atom stereocenters. The van der Waals surface area contributed by atoms with Crippen molar-refractivity contribution in [2.75, 3.05) is 29.9 Å². The van der Waals surface area contributed by atoms with Gasteiger partial charge in [-0.15, -0.1) is 5.10 Å². The van der Waals surface area contributed by atoms with Crippen LogP contribution in [0.2, 0.25) is 0 Å². The molecule has 0 spiro atoms. The quantitative estimate of drug-likeness (QED) is 0.384. The van der Waals surface area contributed by atoms with Gasteiger partial charge in [-0.05, 0) is 82.6 Å². The molecule has 3 aromatic rings. The summed E-state index contributed by atoms with van der Waals surface area (Å²) in [5.74, 6) is 1.50. The summed E-state index contributed by atoms with van der Waals surface area (Å²) in [6.07, 6.45) is 1.46. The molecular weight excluding hydrogens is 595 g/mol. The fourth-order valence-corrected chi connectivity index (χ4v) is 6.94. The van der Waals surface area contributed by atoms with Crippen molar-refractivity contribution in [2.45, 2.75) is 75.5 Å². The van der Waals surface area contributed by atoms with Gasteiger partial charge in [0, 0.05) is 30.9 Å². The van der Waals surface area contributed by atoms with E-state index >= 15 is 0 Å². The average molecular weight is 632 g/mol. The Balaban J connectivity index is 1.28. The van der Waals surface area contributed by atoms with E-state index in [1.54, 1.807) is 36.5 Å². The Kier molecular flexibility index (Phi) is 8.05. The number of carbonyl (C=O) groups is 1. The first-order chi connectivity index (χ1) is 20.9. The molecule has 1 saturated heterocycles. The zero-order valence-electron chi connectivity index (χ0n) is 24.7. The predicted molar refractivity (Wildman–Crippen MR) is 159 cm³/mol. The summed E-state index contributed by atoms with van der Waals surface area (Å²) in [4.78, 5) is 25.0. The molecular formula is C30H36F3N7O3S. The number of hydrogen-bond donors (Lipinski definition) is 2. The molecule has 236 valence electrons.